The van der Waals surface area contributed by atoms with Gasteiger partial charge in [-0.3, -0.25) is 4.79 Å². The van der Waals surface area contributed by atoms with E-state index in [1.807, 2.05) is 36.4 Å². The number of hydrogen-bond acceptors (Lipinski definition) is 2. The fourth-order valence-corrected chi connectivity index (χ4v) is 2.97. The quantitative estimate of drug-likeness (QED) is 0.654. The third-order valence-electron chi connectivity index (χ3n) is 3.56. The lowest BCUT2D eigenvalue weighted by molar-refractivity contribution is -0.113. The Morgan fingerprint density at radius 1 is 1.14 bits per heavy atom. The highest BCUT2D eigenvalue weighted by molar-refractivity contribution is 9.10. The van der Waals surface area contributed by atoms with Gasteiger partial charge in [-0.25, -0.2) is 0 Å². The van der Waals surface area contributed by atoms with Gasteiger partial charge in [0.05, 0.1) is 5.75 Å². The van der Waals surface area contributed by atoms with Crippen LogP contribution in [0, 0.1) is 0 Å². The maximum atomic E-state index is 12.0. The normalized spacial score (nSPS) is 12.0. The number of carbonyl (C=O) groups is 1. The van der Waals surface area contributed by atoms with Gasteiger partial charge in [-0.15, -0.1) is 11.8 Å². The van der Waals surface area contributed by atoms with Gasteiger partial charge in [-0.05, 0) is 54.3 Å². The SMILES string of the molecule is CCC(C)c1ccc(NC(=O)CSc2ccc(Br)cc2)cc1. The first-order valence-corrected chi connectivity index (χ1v) is 9.14. The van der Waals surface area contributed by atoms with Gasteiger partial charge in [0.2, 0.25) is 5.91 Å². The summed E-state index contributed by atoms with van der Waals surface area (Å²) in [4.78, 5) is 13.1. The number of benzene rings is 2. The van der Waals surface area contributed by atoms with Crippen molar-refractivity contribution in [2.75, 3.05) is 11.1 Å². The van der Waals surface area contributed by atoms with Crippen molar-refractivity contribution in [1.82, 2.24) is 0 Å². The third-order valence-corrected chi connectivity index (χ3v) is 5.10. The molecule has 1 atom stereocenters. The highest BCUT2D eigenvalue weighted by Crippen LogP contribution is 2.22. The van der Waals surface area contributed by atoms with Gasteiger partial charge < -0.3 is 5.32 Å². The van der Waals surface area contributed by atoms with Gasteiger partial charge in [0.15, 0.2) is 0 Å². The first-order chi connectivity index (χ1) is 10.6. The molecule has 0 saturated heterocycles. The van der Waals surface area contributed by atoms with Crippen molar-refractivity contribution in [2.24, 2.45) is 0 Å². The predicted molar refractivity (Wildman–Crippen MR) is 98.6 cm³/mol. The molecule has 0 radical (unpaired) electrons. The molecule has 2 aromatic carbocycles. The summed E-state index contributed by atoms with van der Waals surface area (Å²) in [6.45, 7) is 4.39. The Hall–Kier alpha value is -1.26. The molecule has 1 amide bonds. The van der Waals surface area contributed by atoms with Crippen molar-refractivity contribution in [3.63, 3.8) is 0 Å². The van der Waals surface area contributed by atoms with Crippen LogP contribution in [0.3, 0.4) is 0 Å². The molecule has 0 aliphatic rings. The predicted octanol–water partition coefficient (Wildman–Crippen LogP) is 5.69. The van der Waals surface area contributed by atoms with Gasteiger partial charge in [-0.1, -0.05) is 41.9 Å². The Bertz CT molecular complexity index is 610. The van der Waals surface area contributed by atoms with Crippen LogP contribution in [0.15, 0.2) is 57.9 Å². The standard InChI is InChI=1S/C18H20BrNOS/c1-3-13(2)14-4-8-16(9-5-14)20-18(21)12-22-17-10-6-15(19)7-11-17/h4-11,13H,3,12H2,1-2H3,(H,20,21). The second-order valence-corrected chi connectivity index (χ2v) is 7.19. The molecule has 0 saturated carbocycles. The van der Waals surface area contributed by atoms with Gasteiger partial charge in [0.25, 0.3) is 0 Å². The molecule has 22 heavy (non-hydrogen) atoms. The Morgan fingerprint density at radius 2 is 1.77 bits per heavy atom. The molecule has 0 aliphatic carbocycles. The van der Waals surface area contributed by atoms with Crippen LogP contribution in [-0.2, 0) is 4.79 Å². The van der Waals surface area contributed by atoms with E-state index in [9.17, 15) is 4.79 Å². The number of anilines is 1. The van der Waals surface area contributed by atoms with E-state index in [2.05, 4.69) is 47.2 Å². The lowest BCUT2D eigenvalue weighted by Crippen LogP contribution is -2.13. The monoisotopic (exact) mass is 377 g/mol. The van der Waals surface area contributed by atoms with E-state index in [4.69, 9.17) is 0 Å². The van der Waals surface area contributed by atoms with Crippen molar-refractivity contribution in [3.05, 3.63) is 58.6 Å². The van der Waals surface area contributed by atoms with E-state index >= 15 is 0 Å². The minimum Gasteiger partial charge on any atom is -0.325 e. The first kappa shape index (κ1) is 17.1. The van der Waals surface area contributed by atoms with Crippen LogP contribution in [0.5, 0.6) is 0 Å². The fourth-order valence-electron chi connectivity index (χ4n) is 2.01. The summed E-state index contributed by atoms with van der Waals surface area (Å²) in [6.07, 6.45) is 1.12. The van der Waals surface area contributed by atoms with Crippen molar-refractivity contribution in [1.29, 1.82) is 0 Å². The maximum Gasteiger partial charge on any atom is 0.234 e. The van der Waals surface area contributed by atoms with E-state index in [1.165, 1.54) is 17.3 Å². The Morgan fingerprint density at radius 3 is 2.36 bits per heavy atom. The third kappa shape index (κ3) is 5.18. The molecule has 0 aromatic heterocycles. The summed E-state index contributed by atoms with van der Waals surface area (Å²) in [5.41, 5.74) is 2.16. The van der Waals surface area contributed by atoms with Crippen molar-refractivity contribution in [2.45, 2.75) is 31.1 Å². The van der Waals surface area contributed by atoms with E-state index in [0.29, 0.717) is 11.7 Å². The average Bonchev–Trinajstić information content (AvgIpc) is 2.54. The van der Waals surface area contributed by atoms with Crippen LogP contribution in [-0.4, -0.2) is 11.7 Å². The maximum absolute atomic E-state index is 12.0. The first-order valence-electron chi connectivity index (χ1n) is 7.36. The van der Waals surface area contributed by atoms with Crippen LogP contribution < -0.4 is 5.32 Å². The number of thioether (sulfide) groups is 1. The second kappa shape index (κ2) is 8.39. The van der Waals surface area contributed by atoms with Gasteiger partial charge in [0.1, 0.15) is 0 Å². The number of rotatable bonds is 6. The Balaban J connectivity index is 1.85. The zero-order valence-electron chi connectivity index (χ0n) is 12.8. The van der Waals surface area contributed by atoms with E-state index in [0.717, 1.165) is 21.5 Å². The van der Waals surface area contributed by atoms with Crippen LogP contribution in [0.25, 0.3) is 0 Å². The van der Waals surface area contributed by atoms with Crippen LogP contribution >= 0.6 is 27.7 Å². The molecule has 1 N–H and O–H groups in total. The largest absolute Gasteiger partial charge is 0.325 e. The number of carbonyl (C=O) groups excluding carboxylic acids is 1. The smallest absolute Gasteiger partial charge is 0.234 e. The number of hydrogen-bond donors (Lipinski definition) is 1. The number of nitrogens with one attached hydrogen (secondary N) is 1. The average molecular weight is 378 g/mol. The van der Waals surface area contributed by atoms with E-state index in [-0.39, 0.29) is 5.91 Å². The summed E-state index contributed by atoms with van der Waals surface area (Å²) >= 11 is 4.94. The molecule has 2 aromatic rings. The summed E-state index contributed by atoms with van der Waals surface area (Å²) in [5, 5.41) is 2.94. The van der Waals surface area contributed by atoms with Crippen molar-refractivity contribution in [3.8, 4) is 0 Å². The van der Waals surface area contributed by atoms with Crippen LogP contribution in [0.4, 0.5) is 5.69 Å². The molecule has 0 fully saturated rings. The Kier molecular flexibility index (Phi) is 6.52. The van der Waals surface area contributed by atoms with E-state index < -0.39 is 0 Å². The van der Waals surface area contributed by atoms with Crippen molar-refractivity contribution >= 4 is 39.3 Å². The molecule has 0 bridgehead atoms. The lowest BCUT2D eigenvalue weighted by Gasteiger charge is -2.10. The summed E-state index contributed by atoms with van der Waals surface area (Å²) in [5.74, 6) is 0.983. The topological polar surface area (TPSA) is 29.1 Å². The molecule has 2 rings (SSSR count). The highest BCUT2D eigenvalue weighted by atomic mass is 79.9. The minimum atomic E-state index is 0.0178. The van der Waals surface area contributed by atoms with Gasteiger partial charge in [-0.2, -0.15) is 0 Å². The van der Waals surface area contributed by atoms with Crippen molar-refractivity contribution < 1.29 is 4.79 Å². The molecular weight excluding hydrogens is 358 g/mol. The summed E-state index contributed by atoms with van der Waals surface area (Å²) in [7, 11) is 0. The molecule has 1 unspecified atom stereocenters. The second-order valence-electron chi connectivity index (χ2n) is 5.22. The molecule has 2 nitrogen and oxygen atoms in total. The Labute approximate surface area is 144 Å². The van der Waals surface area contributed by atoms with Crippen LogP contribution in [0.1, 0.15) is 31.7 Å². The summed E-state index contributed by atoms with van der Waals surface area (Å²) in [6, 6.07) is 16.1. The molecule has 4 heteroatoms. The highest BCUT2D eigenvalue weighted by Gasteiger charge is 2.06. The lowest BCUT2D eigenvalue weighted by atomic mass is 9.99. The molecule has 116 valence electrons. The summed E-state index contributed by atoms with van der Waals surface area (Å²) < 4.78 is 1.04. The molecular formula is C18H20BrNOS. The minimum absolute atomic E-state index is 0.0178. The zero-order valence-corrected chi connectivity index (χ0v) is 15.2. The molecule has 0 heterocycles. The van der Waals surface area contributed by atoms with E-state index in [1.54, 1.807) is 0 Å². The van der Waals surface area contributed by atoms with Gasteiger partial charge in [0, 0.05) is 15.1 Å². The number of halogens is 1. The van der Waals surface area contributed by atoms with Gasteiger partial charge >= 0.3 is 0 Å². The number of amides is 1. The molecule has 0 aliphatic heterocycles. The van der Waals surface area contributed by atoms with Crippen LogP contribution in [0.2, 0.25) is 0 Å². The fraction of sp³-hybridized carbons (Fsp3) is 0.278. The molecule has 0 spiro atoms. The zero-order chi connectivity index (χ0) is 15.9.